The van der Waals surface area contributed by atoms with Gasteiger partial charge in [0.05, 0.1) is 0 Å². The fourth-order valence-corrected chi connectivity index (χ4v) is 0.684. The van der Waals surface area contributed by atoms with Crippen molar-refractivity contribution in [3.8, 4) is 0 Å². The van der Waals surface area contributed by atoms with Crippen molar-refractivity contribution in [2.45, 2.75) is 26.2 Å². The number of carbonyl (C=O) groups is 3. The van der Waals surface area contributed by atoms with Crippen molar-refractivity contribution in [1.82, 2.24) is 5.32 Å². The fraction of sp³-hybridized carbons (Fsp3) is 0.444. The van der Waals surface area contributed by atoms with Crippen LogP contribution in [0.4, 0.5) is 0 Å². The Labute approximate surface area is 81.8 Å². The fourth-order valence-electron chi connectivity index (χ4n) is 0.684. The number of hydrogen-bond acceptors (Lipinski definition) is 3. The summed E-state index contributed by atoms with van der Waals surface area (Å²) in [5.41, 5.74) is 0. The van der Waals surface area contributed by atoms with Crippen molar-refractivity contribution in [3.63, 3.8) is 0 Å². The quantitative estimate of drug-likeness (QED) is 0.647. The van der Waals surface area contributed by atoms with Gasteiger partial charge in [0.15, 0.2) is 0 Å². The van der Waals surface area contributed by atoms with Crippen LogP contribution in [0.15, 0.2) is 12.2 Å². The molecule has 0 aromatic rings. The van der Waals surface area contributed by atoms with Crippen LogP contribution in [-0.4, -0.2) is 22.9 Å². The van der Waals surface area contributed by atoms with Crippen LogP contribution in [-0.2, 0) is 14.4 Å². The van der Waals surface area contributed by atoms with Crippen molar-refractivity contribution in [2.24, 2.45) is 0 Å². The van der Waals surface area contributed by atoms with Gasteiger partial charge in [-0.2, -0.15) is 0 Å². The van der Waals surface area contributed by atoms with Gasteiger partial charge in [-0.1, -0.05) is 13.3 Å². The molecule has 0 unspecified atom stereocenters. The molecule has 0 bridgehead atoms. The Morgan fingerprint density at radius 1 is 1.36 bits per heavy atom. The lowest BCUT2D eigenvalue weighted by Gasteiger charge is -1.85. The Hall–Kier alpha value is -1.65. The van der Waals surface area contributed by atoms with Gasteiger partial charge in [0.2, 0.25) is 0 Å². The minimum atomic E-state index is -0.693. The number of carboxylic acid groups (broad SMARTS) is 1. The molecule has 0 saturated heterocycles. The second-order valence-electron chi connectivity index (χ2n) is 2.68. The van der Waals surface area contributed by atoms with E-state index in [0.717, 1.165) is 12.8 Å². The molecule has 14 heavy (non-hydrogen) atoms. The third-order valence-electron chi connectivity index (χ3n) is 1.38. The van der Waals surface area contributed by atoms with Gasteiger partial charge in [0.1, 0.15) is 0 Å². The van der Waals surface area contributed by atoms with Gasteiger partial charge < -0.3 is 5.11 Å². The molecule has 0 aliphatic carbocycles. The highest BCUT2D eigenvalue weighted by Crippen LogP contribution is 1.91. The molecule has 2 N–H and O–H groups in total. The zero-order valence-electron chi connectivity index (χ0n) is 7.95. The van der Waals surface area contributed by atoms with Crippen molar-refractivity contribution in [2.75, 3.05) is 0 Å². The molecule has 5 nitrogen and oxygen atoms in total. The zero-order valence-corrected chi connectivity index (χ0v) is 7.95. The van der Waals surface area contributed by atoms with Crippen LogP contribution in [0.5, 0.6) is 0 Å². The van der Waals surface area contributed by atoms with Crippen LogP contribution in [0.1, 0.15) is 26.2 Å². The molecule has 0 fully saturated rings. The Morgan fingerprint density at radius 2 is 1.86 bits per heavy atom. The predicted molar refractivity (Wildman–Crippen MR) is 49.5 cm³/mol. The molecule has 1 rings (SSSR count). The molecule has 0 saturated carbocycles. The highest BCUT2D eigenvalue weighted by molar-refractivity contribution is 6.12. The highest BCUT2D eigenvalue weighted by atomic mass is 16.4. The monoisotopic (exact) mass is 199 g/mol. The maximum absolute atomic E-state index is 10.0. The standard InChI is InChI=1S/C5H10O2.C4H3NO2/c1-2-3-4-5(6)7;6-3-1-2-4(7)5-3/h2-4H2,1H3,(H,6,7);1-2H,(H,5,6,7). The average Bonchev–Trinajstić information content (AvgIpc) is 2.47. The van der Waals surface area contributed by atoms with E-state index in [0.29, 0.717) is 6.42 Å². The summed E-state index contributed by atoms with van der Waals surface area (Å²) in [4.78, 5) is 29.8. The van der Waals surface area contributed by atoms with E-state index in [9.17, 15) is 14.4 Å². The van der Waals surface area contributed by atoms with E-state index in [-0.39, 0.29) is 11.8 Å². The molecular formula is C9H13NO4. The van der Waals surface area contributed by atoms with E-state index < -0.39 is 5.97 Å². The van der Waals surface area contributed by atoms with E-state index in [1.807, 2.05) is 12.2 Å². The molecule has 0 radical (unpaired) electrons. The third kappa shape index (κ3) is 7.02. The van der Waals surface area contributed by atoms with Crippen molar-refractivity contribution in [1.29, 1.82) is 0 Å². The molecule has 5 heteroatoms. The molecule has 2 amide bonds. The van der Waals surface area contributed by atoms with Crippen LogP contribution >= 0.6 is 0 Å². The maximum Gasteiger partial charge on any atom is 0.303 e. The molecule has 0 aromatic heterocycles. The SMILES string of the molecule is CCCCC(=O)O.O=C1C=CC(=O)N1. The smallest absolute Gasteiger partial charge is 0.303 e. The van der Waals surface area contributed by atoms with Crippen molar-refractivity contribution >= 4 is 17.8 Å². The number of amides is 2. The van der Waals surface area contributed by atoms with E-state index in [1.54, 1.807) is 0 Å². The van der Waals surface area contributed by atoms with Gasteiger partial charge >= 0.3 is 5.97 Å². The van der Waals surface area contributed by atoms with E-state index in [4.69, 9.17) is 5.11 Å². The normalized spacial score (nSPS) is 13.2. The van der Waals surface area contributed by atoms with Crippen LogP contribution in [0, 0.1) is 0 Å². The van der Waals surface area contributed by atoms with Crippen LogP contribution in [0.25, 0.3) is 0 Å². The second-order valence-corrected chi connectivity index (χ2v) is 2.68. The van der Waals surface area contributed by atoms with Gasteiger partial charge in [-0.25, -0.2) is 0 Å². The Kier molecular flexibility index (Phi) is 6.02. The summed E-state index contributed by atoms with van der Waals surface area (Å²) < 4.78 is 0. The number of hydrogen-bond donors (Lipinski definition) is 2. The number of imide groups is 1. The first kappa shape index (κ1) is 12.3. The summed E-state index contributed by atoms with van der Waals surface area (Å²) in [5.74, 6) is -1.35. The van der Waals surface area contributed by atoms with Gasteiger partial charge in [-0.3, -0.25) is 19.7 Å². The highest BCUT2D eigenvalue weighted by Gasteiger charge is 2.06. The predicted octanol–water partition coefficient (Wildman–Crippen LogP) is 0.460. The van der Waals surface area contributed by atoms with Gasteiger partial charge in [-0.05, 0) is 6.42 Å². The molecule has 1 aliphatic rings. The van der Waals surface area contributed by atoms with Gasteiger partial charge in [-0.15, -0.1) is 0 Å². The molecule has 1 aliphatic heterocycles. The Morgan fingerprint density at radius 3 is 2.00 bits per heavy atom. The number of carboxylic acids is 1. The minimum absolute atomic E-state index is 0.316. The van der Waals surface area contributed by atoms with Gasteiger partial charge in [0, 0.05) is 18.6 Å². The lowest BCUT2D eigenvalue weighted by molar-refractivity contribution is -0.137. The molecule has 78 valence electrons. The molecule has 0 aromatic carbocycles. The summed E-state index contributed by atoms with van der Waals surface area (Å²) in [5, 5.41) is 10.1. The summed E-state index contributed by atoms with van der Waals surface area (Å²) >= 11 is 0. The van der Waals surface area contributed by atoms with E-state index in [2.05, 4.69) is 0 Å². The largest absolute Gasteiger partial charge is 0.481 e. The summed E-state index contributed by atoms with van der Waals surface area (Å²) in [6.45, 7) is 1.98. The first-order valence-corrected chi connectivity index (χ1v) is 4.31. The first-order valence-electron chi connectivity index (χ1n) is 4.31. The van der Waals surface area contributed by atoms with Crippen molar-refractivity contribution in [3.05, 3.63) is 12.2 Å². The number of rotatable bonds is 3. The lowest BCUT2D eigenvalue weighted by atomic mass is 10.3. The first-order chi connectivity index (χ1) is 6.56. The van der Waals surface area contributed by atoms with E-state index in [1.165, 1.54) is 12.2 Å². The molecule has 0 atom stereocenters. The van der Waals surface area contributed by atoms with Crippen molar-refractivity contribution < 1.29 is 19.5 Å². The maximum atomic E-state index is 10.0. The second kappa shape index (κ2) is 6.82. The molecular weight excluding hydrogens is 186 g/mol. The number of aliphatic carboxylic acids is 1. The summed E-state index contributed by atoms with van der Waals surface area (Å²) in [7, 11) is 0. The summed E-state index contributed by atoms with van der Waals surface area (Å²) in [6.07, 6.45) is 4.47. The number of unbranched alkanes of at least 4 members (excludes halogenated alkanes) is 1. The van der Waals surface area contributed by atoms with Crippen LogP contribution in [0.2, 0.25) is 0 Å². The van der Waals surface area contributed by atoms with Gasteiger partial charge in [0.25, 0.3) is 11.8 Å². The lowest BCUT2D eigenvalue weighted by Crippen LogP contribution is -2.19. The van der Waals surface area contributed by atoms with E-state index >= 15 is 0 Å². The number of nitrogens with one attached hydrogen (secondary N) is 1. The van der Waals surface area contributed by atoms with Crippen LogP contribution < -0.4 is 5.32 Å². The molecule has 0 spiro atoms. The van der Waals surface area contributed by atoms with Crippen LogP contribution in [0.3, 0.4) is 0 Å². The third-order valence-corrected chi connectivity index (χ3v) is 1.38. The Bertz CT molecular complexity index is 242. The topological polar surface area (TPSA) is 83.5 Å². The summed E-state index contributed by atoms with van der Waals surface area (Å²) in [6, 6.07) is 0. The molecule has 1 heterocycles. The number of carbonyl (C=O) groups excluding carboxylic acids is 2. The Balaban J connectivity index is 0.000000241. The zero-order chi connectivity index (χ0) is 11.0. The minimum Gasteiger partial charge on any atom is -0.481 e. The average molecular weight is 199 g/mol.